The van der Waals surface area contributed by atoms with Crippen molar-refractivity contribution in [3.8, 4) is 0 Å². The van der Waals surface area contributed by atoms with Crippen molar-refractivity contribution < 1.29 is 28.4 Å². The topological polar surface area (TPSA) is 146 Å². The van der Waals surface area contributed by atoms with Gasteiger partial charge in [-0.1, -0.05) is 32.3 Å². The number of benzene rings is 1. The molecule has 2 aliphatic rings. The molecule has 13 heteroatoms. The summed E-state index contributed by atoms with van der Waals surface area (Å²) in [6.07, 6.45) is 6.32. The molecule has 0 bridgehead atoms. The van der Waals surface area contributed by atoms with E-state index >= 15 is 4.39 Å². The van der Waals surface area contributed by atoms with Crippen LogP contribution in [-0.4, -0.2) is 88.0 Å². The van der Waals surface area contributed by atoms with E-state index < -0.39 is 23.7 Å². The second-order valence-electron chi connectivity index (χ2n) is 12.8. The number of anilines is 1. The van der Waals surface area contributed by atoms with Crippen LogP contribution in [0.1, 0.15) is 80.7 Å². The van der Waals surface area contributed by atoms with Crippen LogP contribution in [0.2, 0.25) is 0 Å². The zero-order valence-electron chi connectivity index (χ0n) is 27.9. The third-order valence-electron chi connectivity index (χ3n) is 9.33. The number of hydrogen-bond donors (Lipinski definition) is 3. The summed E-state index contributed by atoms with van der Waals surface area (Å²) in [5, 5.41) is 8.20. The quantitative estimate of drug-likeness (QED) is 0.282. The molecule has 1 saturated carbocycles. The molecule has 4 amide bonds. The van der Waals surface area contributed by atoms with E-state index in [1.54, 1.807) is 29.5 Å². The van der Waals surface area contributed by atoms with Crippen molar-refractivity contribution in [2.45, 2.75) is 77.8 Å². The highest BCUT2D eigenvalue weighted by Gasteiger charge is 2.33. The smallest absolute Gasteiger partial charge is 0.245 e. The minimum Gasteiger partial charge on any atom is -0.349 e. The summed E-state index contributed by atoms with van der Waals surface area (Å²) < 4.78 is 17.1. The summed E-state index contributed by atoms with van der Waals surface area (Å²) in [6, 6.07) is 3.56. The minimum atomic E-state index is -0.835. The molecular formula is C34H48FN7O5. The normalized spacial score (nSPS) is 17.1. The summed E-state index contributed by atoms with van der Waals surface area (Å²) in [7, 11) is 3.69. The van der Waals surface area contributed by atoms with E-state index in [-0.39, 0.29) is 60.9 Å². The summed E-state index contributed by atoms with van der Waals surface area (Å²) in [6.45, 7) is 5.86. The second kappa shape index (κ2) is 16.6. The standard InChI is InChI=1S/C34H48FN7O5/c1-5-32(45)38-28(34(47)42-15-13-40(3)14-16-42)18-23-11-12-27(26(35)17-23)39-33(46)25(24-9-7-6-8-10-24)19-30(44)29-20-37-31(41(29)4)21-36-22(2)43/h11-12,17,20,24-25,28H,5-10,13-16,18-19,21H2,1-4H3,(H,36,43)(H,38,45)(H,39,46)/t25-,28+/m0/s1. The molecule has 256 valence electrons. The van der Waals surface area contributed by atoms with Crippen LogP contribution in [-0.2, 0) is 39.2 Å². The van der Waals surface area contributed by atoms with E-state index in [1.807, 2.05) is 7.05 Å². The Morgan fingerprint density at radius 3 is 2.36 bits per heavy atom. The Morgan fingerprint density at radius 1 is 1.02 bits per heavy atom. The maximum atomic E-state index is 15.5. The van der Waals surface area contributed by atoms with Gasteiger partial charge in [0.15, 0.2) is 5.78 Å². The van der Waals surface area contributed by atoms with Crippen LogP contribution < -0.4 is 16.0 Å². The first kappa shape index (κ1) is 35.7. The SMILES string of the molecule is CCC(=O)N[C@H](Cc1ccc(NC(=O)[C@@H](CC(=O)c2cnc(CNC(C)=O)n2C)C2CCCCC2)c(F)c1)C(=O)N1CCN(C)CC1. The van der Waals surface area contributed by atoms with Gasteiger partial charge in [0, 0.05) is 65.3 Å². The molecule has 0 radical (unpaired) electrons. The van der Waals surface area contributed by atoms with Gasteiger partial charge in [-0.25, -0.2) is 9.37 Å². The molecule has 1 aliphatic carbocycles. The largest absolute Gasteiger partial charge is 0.349 e. The zero-order chi connectivity index (χ0) is 34.1. The van der Waals surface area contributed by atoms with Gasteiger partial charge in [-0.05, 0) is 43.5 Å². The van der Waals surface area contributed by atoms with E-state index in [0.717, 1.165) is 45.2 Å². The Hall–Kier alpha value is -4.13. The number of carbonyl (C=O) groups is 5. The number of Topliss-reactive ketones (excluding diaryl/α,β-unsaturated/α-hetero) is 1. The molecule has 3 N–H and O–H groups in total. The summed E-state index contributed by atoms with van der Waals surface area (Å²) in [5.41, 5.74) is 0.838. The molecule has 4 rings (SSSR count). The number of nitrogens with zero attached hydrogens (tertiary/aromatic N) is 4. The number of ketones is 1. The molecular weight excluding hydrogens is 605 g/mol. The predicted octanol–water partition coefficient (Wildman–Crippen LogP) is 2.81. The van der Waals surface area contributed by atoms with Crippen molar-refractivity contribution in [3.63, 3.8) is 0 Å². The summed E-state index contributed by atoms with van der Waals surface area (Å²) >= 11 is 0. The fraction of sp³-hybridized carbons (Fsp3) is 0.588. The number of aromatic nitrogens is 2. The Kier molecular flexibility index (Phi) is 12.6. The molecule has 2 fully saturated rings. The van der Waals surface area contributed by atoms with Crippen LogP contribution in [0.4, 0.5) is 10.1 Å². The van der Waals surface area contributed by atoms with Gasteiger partial charge < -0.3 is 30.3 Å². The number of imidazole rings is 1. The van der Waals surface area contributed by atoms with Gasteiger partial charge in [-0.15, -0.1) is 0 Å². The molecule has 1 aromatic heterocycles. The van der Waals surface area contributed by atoms with Crippen molar-refractivity contribution in [3.05, 3.63) is 47.3 Å². The third kappa shape index (κ3) is 9.69. The van der Waals surface area contributed by atoms with E-state index in [2.05, 4.69) is 25.8 Å². The highest BCUT2D eigenvalue weighted by atomic mass is 19.1. The highest BCUT2D eigenvalue weighted by Crippen LogP contribution is 2.34. The maximum Gasteiger partial charge on any atom is 0.245 e. The Bertz CT molecular complexity index is 1450. The molecule has 0 unspecified atom stereocenters. The summed E-state index contributed by atoms with van der Waals surface area (Å²) in [4.78, 5) is 72.2. The number of nitrogens with one attached hydrogen (secondary N) is 3. The van der Waals surface area contributed by atoms with Crippen LogP contribution in [0.25, 0.3) is 0 Å². The number of halogens is 1. The van der Waals surface area contributed by atoms with Crippen LogP contribution in [0, 0.1) is 17.7 Å². The van der Waals surface area contributed by atoms with Crippen molar-refractivity contribution in [1.29, 1.82) is 0 Å². The monoisotopic (exact) mass is 653 g/mol. The fourth-order valence-corrected chi connectivity index (χ4v) is 6.38. The van der Waals surface area contributed by atoms with Gasteiger partial charge in [0.1, 0.15) is 23.4 Å². The average Bonchev–Trinajstić information content (AvgIpc) is 3.43. The van der Waals surface area contributed by atoms with Gasteiger partial charge in [0.25, 0.3) is 0 Å². The molecule has 1 saturated heterocycles. The lowest BCUT2D eigenvalue weighted by molar-refractivity contribution is -0.137. The highest BCUT2D eigenvalue weighted by molar-refractivity contribution is 6.00. The van der Waals surface area contributed by atoms with Crippen LogP contribution >= 0.6 is 0 Å². The molecule has 2 heterocycles. The first-order chi connectivity index (χ1) is 22.5. The van der Waals surface area contributed by atoms with Crippen LogP contribution in [0.3, 0.4) is 0 Å². The van der Waals surface area contributed by atoms with Gasteiger partial charge >= 0.3 is 0 Å². The number of piperazine rings is 1. The predicted molar refractivity (Wildman–Crippen MR) is 175 cm³/mol. The van der Waals surface area contributed by atoms with Gasteiger partial charge in [0.2, 0.25) is 23.6 Å². The Balaban J connectivity index is 1.47. The first-order valence-corrected chi connectivity index (χ1v) is 16.6. The van der Waals surface area contributed by atoms with Gasteiger partial charge in [0.05, 0.1) is 18.4 Å². The molecule has 1 aromatic carbocycles. The van der Waals surface area contributed by atoms with Crippen molar-refractivity contribution in [2.75, 3.05) is 38.5 Å². The van der Waals surface area contributed by atoms with E-state index in [1.165, 1.54) is 25.3 Å². The maximum absolute atomic E-state index is 15.5. The van der Waals surface area contributed by atoms with E-state index in [0.29, 0.717) is 30.2 Å². The van der Waals surface area contributed by atoms with E-state index in [4.69, 9.17) is 0 Å². The molecule has 1 aliphatic heterocycles. The summed E-state index contributed by atoms with van der Waals surface area (Å²) in [5.74, 6) is -2.17. The van der Waals surface area contributed by atoms with Crippen LogP contribution in [0.15, 0.2) is 24.4 Å². The molecule has 0 spiro atoms. The molecule has 2 aromatic rings. The first-order valence-electron chi connectivity index (χ1n) is 16.6. The third-order valence-corrected chi connectivity index (χ3v) is 9.33. The van der Waals surface area contributed by atoms with Crippen LogP contribution in [0.5, 0.6) is 0 Å². The number of rotatable bonds is 13. The number of hydrogen-bond acceptors (Lipinski definition) is 7. The Morgan fingerprint density at radius 2 is 1.72 bits per heavy atom. The molecule has 47 heavy (non-hydrogen) atoms. The lowest BCUT2D eigenvalue weighted by Crippen LogP contribution is -2.54. The number of amides is 4. The molecule has 12 nitrogen and oxygen atoms in total. The van der Waals surface area contributed by atoms with Crippen molar-refractivity contribution >= 4 is 35.1 Å². The molecule has 2 atom stereocenters. The second-order valence-corrected chi connectivity index (χ2v) is 12.8. The number of carbonyl (C=O) groups excluding carboxylic acids is 5. The Labute approximate surface area is 275 Å². The van der Waals surface area contributed by atoms with Gasteiger partial charge in [-0.3, -0.25) is 24.0 Å². The lowest BCUT2D eigenvalue weighted by atomic mass is 9.77. The van der Waals surface area contributed by atoms with E-state index in [9.17, 15) is 24.0 Å². The minimum absolute atomic E-state index is 0.00956. The van der Waals surface area contributed by atoms with Crippen molar-refractivity contribution in [1.82, 2.24) is 30.0 Å². The zero-order valence-corrected chi connectivity index (χ0v) is 27.9. The average molecular weight is 654 g/mol. The lowest BCUT2D eigenvalue weighted by Gasteiger charge is -2.34. The van der Waals surface area contributed by atoms with Gasteiger partial charge in [-0.2, -0.15) is 0 Å². The fourth-order valence-electron chi connectivity index (χ4n) is 6.38. The van der Waals surface area contributed by atoms with Crippen molar-refractivity contribution in [2.24, 2.45) is 18.9 Å². The number of likely N-dealkylation sites (N-methyl/N-ethyl adjacent to an activating group) is 1.